The molecule has 2 heterocycles. The Morgan fingerprint density at radius 2 is 1.92 bits per heavy atom. The van der Waals surface area contributed by atoms with Gasteiger partial charge in [-0.1, -0.05) is 35.3 Å². The zero-order valence-corrected chi connectivity index (χ0v) is 14.9. The summed E-state index contributed by atoms with van der Waals surface area (Å²) in [5, 5.41) is 9.28. The molecule has 3 nitrogen and oxygen atoms in total. The molecule has 1 aliphatic rings. The molecule has 1 aromatic heterocycles. The zero-order valence-electron chi connectivity index (χ0n) is 13.4. The van der Waals surface area contributed by atoms with E-state index in [4.69, 9.17) is 28.3 Å². The van der Waals surface area contributed by atoms with Crippen LogP contribution in [0.2, 0.25) is 10.0 Å². The molecule has 0 radical (unpaired) electrons. The highest BCUT2D eigenvalue weighted by atomic mass is 35.5. The van der Waals surface area contributed by atoms with Crippen LogP contribution in [-0.2, 0) is 6.42 Å². The van der Waals surface area contributed by atoms with Crippen molar-refractivity contribution in [3.8, 4) is 16.9 Å². The number of nitrogens with zero attached hydrogens (tertiary/aromatic N) is 2. The van der Waals surface area contributed by atoms with Gasteiger partial charge in [0.2, 0.25) is 0 Å². The van der Waals surface area contributed by atoms with Gasteiger partial charge in [0.15, 0.2) is 0 Å². The standard InChI is InChI=1S/C19H16Cl2FN3/c20-12-8-9-15(21)14(11-12)18-13-5-3-4-10-23-19(13)25(24-18)17-7-2-1-6-16(17)22/h1-2,6-9,11,23H,3-5,10H2. The van der Waals surface area contributed by atoms with E-state index < -0.39 is 0 Å². The molecule has 1 N–H and O–H groups in total. The highest BCUT2D eigenvalue weighted by Crippen LogP contribution is 2.38. The van der Waals surface area contributed by atoms with E-state index in [-0.39, 0.29) is 5.82 Å². The minimum Gasteiger partial charge on any atom is -0.370 e. The summed E-state index contributed by atoms with van der Waals surface area (Å²) >= 11 is 12.6. The first-order valence-electron chi connectivity index (χ1n) is 8.21. The predicted octanol–water partition coefficient (Wildman–Crippen LogP) is 5.73. The first-order valence-corrected chi connectivity index (χ1v) is 8.97. The second kappa shape index (κ2) is 6.70. The molecule has 128 valence electrons. The molecule has 6 heteroatoms. The molecule has 0 atom stereocenters. The number of hydrogen-bond acceptors (Lipinski definition) is 2. The molecule has 0 aliphatic carbocycles. The Labute approximate surface area is 155 Å². The molecule has 25 heavy (non-hydrogen) atoms. The minimum absolute atomic E-state index is 0.317. The van der Waals surface area contributed by atoms with Crippen LogP contribution in [-0.4, -0.2) is 16.3 Å². The van der Waals surface area contributed by atoms with Gasteiger partial charge in [0.05, 0.1) is 10.7 Å². The van der Waals surface area contributed by atoms with Crippen molar-refractivity contribution < 1.29 is 4.39 Å². The van der Waals surface area contributed by atoms with E-state index in [1.165, 1.54) is 6.07 Å². The topological polar surface area (TPSA) is 29.9 Å². The van der Waals surface area contributed by atoms with Gasteiger partial charge < -0.3 is 5.32 Å². The van der Waals surface area contributed by atoms with Crippen LogP contribution in [0.3, 0.4) is 0 Å². The van der Waals surface area contributed by atoms with Crippen molar-refractivity contribution in [3.63, 3.8) is 0 Å². The van der Waals surface area contributed by atoms with Crippen LogP contribution >= 0.6 is 23.2 Å². The number of halogens is 3. The molecule has 0 bridgehead atoms. The van der Waals surface area contributed by atoms with Crippen LogP contribution in [0, 0.1) is 5.82 Å². The Hall–Kier alpha value is -2.04. The lowest BCUT2D eigenvalue weighted by Crippen LogP contribution is -2.08. The summed E-state index contributed by atoms with van der Waals surface area (Å²) in [6.45, 7) is 0.829. The van der Waals surface area contributed by atoms with E-state index in [0.717, 1.165) is 48.4 Å². The van der Waals surface area contributed by atoms with E-state index in [9.17, 15) is 4.39 Å². The summed E-state index contributed by atoms with van der Waals surface area (Å²) < 4.78 is 16.0. The van der Waals surface area contributed by atoms with Crippen molar-refractivity contribution in [3.05, 3.63) is 63.9 Å². The van der Waals surface area contributed by atoms with Crippen molar-refractivity contribution >= 4 is 29.0 Å². The van der Waals surface area contributed by atoms with Crippen molar-refractivity contribution in [2.75, 3.05) is 11.9 Å². The molecule has 4 rings (SSSR count). The third-order valence-electron chi connectivity index (χ3n) is 4.39. The van der Waals surface area contributed by atoms with Crippen LogP contribution in [0.4, 0.5) is 10.2 Å². The largest absolute Gasteiger partial charge is 0.370 e. The number of nitrogens with one attached hydrogen (secondary N) is 1. The van der Waals surface area contributed by atoms with Gasteiger partial charge in [0.25, 0.3) is 0 Å². The van der Waals surface area contributed by atoms with Gasteiger partial charge in [-0.3, -0.25) is 0 Å². The van der Waals surface area contributed by atoms with Gasteiger partial charge in [0, 0.05) is 22.7 Å². The van der Waals surface area contributed by atoms with E-state index >= 15 is 0 Å². The highest BCUT2D eigenvalue weighted by molar-refractivity contribution is 6.35. The van der Waals surface area contributed by atoms with Gasteiger partial charge in [0.1, 0.15) is 17.3 Å². The lowest BCUT2D eigenvalue weighted by atomic mass is 10.0. The summed E-state index contributed by atoms with van der Waals surface area (Å²) in [5.41, 5.74) is 2.98. The molecule has 3 aromatic rings. The Morgan fingerprint density at radius 1 is 1.08 bits per heavy atom. The zero-order chi connectivity index (χ0) is 17.4. The number of rotatable bonds is 2. The van der Waals surface area contributed by atoms with Crippen molar-refractivity contribution in [1.29, 1.82) is 0 Å². The average Bonchev–Trinajstić information content (AvgIpc) is 2.79. The fourth-order valence-electron chi connectivity index (χ4n) is 3.20. The summed E-state index contributed by atoms with van der Waals surface area (Å²) in [4.78, 5) is 0. The molecular formula is C19H16Cl2FN3. The summed E-state index contributed by atoms with van der Waals surface area (Å²) in [6.07, 6.45) is 2.94. The predicted molar refractivity (Wildman–Crippen MR) is 100 cm³/mol. The molecule has 2 aromatic carbocycles. The smallest absolute Gasteiger partial charge is 0.148 e. The van der Waals surface area contributed by atoms with Gasteiger partial charge in [-0.15, -0.1) is 0 Å². The summed E-state index contributed by atoms with van der Waals surface area (Å²) in [7, 11) is 0. The van der Waals surface area contributed by atoms with Gasteiger partial charge in [-0.05, 0) is 49.6 Å². The Bertz CT molecular complexity index is 936. The number of anilines is 1. The van der Waals surface area contributed by atoms with Gasteiger partial charge in [-0.25, -0.2) is 9.07 Å². The second-order valence-corrected chi connectivity index (χ2v) is 6.89. The number of benzene rings is 2. The van der Waals surface area contributed by atoms with Gasteiger partial charge >= 0.3 is 0 Å². The minimum atomic E-state index is -0.317. The molecule has 0 fully saturated rings. The Balaban J connectivity index is 1.97. The fourth-order valence-corrected chi connectivity index (χ4v) is 3.57. The third-order valence-corrected chi connectivity index (χ3v) is 4.96. The Kier molecular flexibility index (Phi) is 4.40. The first-order chi connectivity index (χ1) is 12.1. The first kappa shape index (κ1) is 16.4. The molecule has 0 amide bonds. The summed E-state index contributed by atoms with van der Waals surface area (Å²) in [6, 6.07) is 11.9. The third kappa shape index (κ3) is 3.00. The maximum atomic E-state index is 14.4. The van der Waals surface area contributed by atoms with Crippen LogP contribution in [0.25, 0.3) is 16.9 Å². The highest BCUT2D eigenvalue weighted by Gasteiger charge is 2.24. The lowest BCUT2D eigenvalue weighted by Gasteiger charge is -2.09. The monoisotopic (exact) mass is 375 g/mol. The van der Waals surface area contributed by atoms with Crippen LogP contribution < -0.4 is 5.32 Å². The second-order valence-electron chi connectivity index (χ2n) is 6.05. The van der Waals surface area contributed by atoms with Crippen molar-refractivity contribution in [1.82, 2.24) is 9.78 Å². The molecule has 0 spiro atoms. The number of para-hydroxylation sites is 1. The lowest BCUT2D eigenvalue weighted by molar-refractivity contribution is 0.611. The van der Waals surface area contributed by atoms with E-state index in [1.807, 2.05) is 6.07 Å². The van der Waals surface area contributed by atoms with Crippen LogP contribution in [0.15, 0.2) is 42.5 Å². The SMILES string of the molecule is Fc1ccccc1-n1nc(-c2cc(Cl)ccc2Cl)c2c1NCCCC2. The van der Waals surface area contributed by atoms with Crippen LogP contribution in [0.1, 0.15) is 18.4 Å². The van der Waals surface area contributed by atoms with E-state index in [2.05, 4.69) is 5.32 Å². The maximum absolute atomic E-state index is 14.4. The summed E-state index contributed by atoms with van der Waals surface area (Å²) in [5.74, 6) is 0.510. The number of hydrogen-bond donors (Lipinski definition) is 1. The fraction of sp³-hybridized carbons (Fsp3) is 0.211. The molecule has 0 saturated carbocycles. The quantitative estimate of drug-likeness (QED) is 0.619. The van der Waals surface area contributed by atoms with Crippen LogP contribution in [0.5, 0.6) is 0 Å². The number of fused-ring (bicyclic) bond motifs is 1. The van der Waals surface area contributed by atoms with E-state index in [0.29, 0.717) is 15.7 Å². The van der Waals surface area contributed by atoms with Crippen molar-refractivity contribution in [2.24, 2.45) is 0 Å². The molecule has 1 aliphatic heterocycles. The molecule has 0 saturated heterocycles. The van der Waals surface area contributed by atoms with Crippen molar-refractivity contribution in [2.45, 2.75) is 19.3 Å². The molecular weight excluding hydrogens is 360 g/mol. The molecule has 0 unspecified atom stereocenters. The van der Waals surface area contributed by atoms with Gasteiger partial charge in [-0.2, -0.15) is 5.10 Å². The van der Waals surface area contributed by atoms with E-state index in [1.54, 1.807) is 35.0 Å². The normalized spacial score (nSPS) is 13.9. The Morgan fingerprint density at radius 3 is 2.76 bits per heavy atom. The number of aromatic nitrogens is 2. The average molecular weight is 376 g/mol. The maximum Gasteiger partial charge on any atom is 0.148 e.